The molecule has 0 radical (unpaired) electrons. The van der Waals surface area contributed by atoms with Crippen LogP contribution in [0.15, 0.2) is 149 Å². The van der Waals surface area contributed by atoms with Crippen molar-refractivity contribution in [3.63, 3.8) is 0 Å². The lowest BCUT2D eigenvalue weighted by atomic mass is 10.1. The monoisotopic (exact) mass is 695 g/mol. The van der Waals surface area contributed by atoms with Crippen LogP contribution in [0.5, 0.6) is 0 Å². The van der Waals surface area contributed by atoms with Gasteiger partial charge in [-0.2, -0.15) is 0 Å². The highest BCUT2D eigenvalue weighted by Gasteiger charge is 2.23. The minimum absolute atomic E-state index is 0.0409. The molecule has 0 aliphatic rings. The third-order valence-corrected chi connectivity index (χ3v) is 8.68. The maximum atomic E-state index is 13.6. The zero-order valence-electron chi connectivity index (χ0n) is 23.7. The molecule has 3 N–H and O–H groups in total. The highest BCUT2D eigenvalue weighted by atomic mass is 79.9. The molecule has 0 aliphatic heterocycles. The predicted molar refractivity (Wildman–Crippen MR) is 186 cm³/mol. The van der Waals surface area contributed by atoms with Crippen LogP contribution in [0.25, 0.3) is 6.08 Å². The van der Waals surface area contributed by atoms with Crippen molar-refractivity contribution in [3.05, 3.63) is 165 Å². The number of anilines is 2. The Hall–Kier alpha value is -4.63. The number of hydrogen-bond donors (Lipinski definition) is 3. The summed E-state index contributed by atoms with van der Waals surface area (Å²) in [6, 6.07) is 39.8. The number of benzene rings is 5. The van der Waals surface area contributed by atoms with Crippen LogP contribution in [0.1, 0.15) is 26.7 Å². The molecule has 1 unspecified atom stereocenters. The summed E-state index contributed by atoms with van der Waals surface area (Å²) in [6.45, 7) is 0. The number of carbonyl (C=O) groups excluding carboxylic acids is 3. The summed E-state index contributed by atoms with van der Waals surface area (Å²) >= 11 is 11.0. The van der Waals surface area contributed by atoms with E-state index in [1.807, 2.05) is 66.7 Å². The molecule has 5 aromatic carbocycles. The number of para-hydroxylation sites is 1. The average molecular weight is 697 g/mol. The Balaban J connectivity index is 1.38. The molecule has 0 bridgehead atoms. The van der Waals surface area contributed by atoms with Gasteiger partial charge in [0.15, 0.2) is 0 Å². The van der Waals surface area contributed by atoms with E-state index in [2.05, 4.69) is 31.9 Å². The fourth-order valence-electron chi connectivity index (χ4n) is 4.35. The topological polar surface area (TPSA) is 87.3 Å². The minimum atomic E-state index is -0.576. The quantitative estimate of drug-likeness (QED) is 0.101. The van der Waals surface area contributed by atoms with Gasteiger partial charge in [-0.15, -0.1) is 11.8 Å². The van der Waals surface area contributed by atoms with Crippen LogP contribution < -0.4 is 16.0 Å². The minimum Gasteiger partial charge on any atom is -0.324 e. The van der Waals surface area contributed by atoms with Crippen molar-refractivity contribution in [2.75, 3.05) is 10.6 Å². The van der Waals surface area contributed by atoms with Crippen molar-refractivity contribution in [1.82, 2.24) is 5.32 Å². The number of amides is 3. The Morgan fingerprint density at radius 2 is 1.42 bits per heavy atom. The number of hydrogen-bond acceptors (Lipinski definition) is 4. The second-order valence-corrected chi connectivity index (χ2v) is 12.3. The van der Waals surface area contributed by atoms with Gasteiger partial charge in [0.05, 0.1) is 5.69 Å². The zero-order valence-corrected chi connectivity index (χ0v) is 26.9. The van der Waals surface area contributed by atoms with E-state index < -0.39 is 17.1 Å². The van der Waals surface area contributed by atoms with Crippen LogP contribution in [-0.2, 0) is 9.59 Å². The largest absolute Gasteiger partial charge is 0.324 e. The van der Waals surface area contributed by atoms with Gasteiger partial charge in [0.1, 0.15) is 10.9 Å². The lowest BCUT2D eigenvalue weighted by molar-refractivity contribution is -0.116. The molecule has 6 nitrogen and oxygen atoms in total. The smallest absolute Gasteiger partial charge is 0.272 e. The van der Waals surface area contributed by atoms with Crippen molar-refractivity contribution < 1.29 is 14.4 Å². The molecule has 0 heterocycles. The van der Waals surface area contributed by atoms with E-state index in [0.717, 1.165) is 14.9 Å². The van der Waals surface area contributed by atoms with Gasteiger partial charge in [0.2, 0.25) is 5.91 Å². The molecule has 0 aromatic heterocycles. The van der Waals surface area contributed by atoms with E-state index in [4.69, 9.17) is 11.6 Å². The van der Waals surface area contributed by atoms with Crippen molar-refractivity contribution in [1.29, 1.82) is 0 Å². The molecule has 9 heteroatoms. The van der Waals surface area contributed by atoms with Crippen LogP contribution in [-0.4, -0.2) is 17.7 Å². The van der Waals surface area contributed by atoms with Crippen molar-refractivity contribution in [3.8, 4) is 0 Å². The van der Waals surface area contributed by atoms with Crippen LogP contribution in [0.4, 0.5) is 11.4 Å². The Labute approximate surface area is 279 Å². The normalized spacial score (nSPS) is 11.7. The number of halogens is 2. The Kier molecular flexibility index (Phi) is 10.9. The number of carbonyl (C=O) groups is 3. The summed E-state index contributed by atoms with van der Waals surface area (Å²) in [6.07, 6.45) is 1.57. The molecule has 5 aromatic rings. The SMILES string of the molecule is O=C(Nc1cccc(SC(C(=O)Nc2ccccc2Br)c2ccccc2)c1)/C(=C/c1cccc(Cl)c1)NC(=O)c1ccccc1. The number of rotatable bonds is 10. The van der Waals surface area contributed by atoms with Gasteiger partial charge in [-0.1, -0.05) is 90.5 Å². The maximum absolute atomic E-state index is 13.6. The van der Waals surface area contributed by atoms with E-state index in [1.165, 1.54) is 11.8 Å². The van der Waals surface area contributed by atoms with Crippen LogP contribution in [0, 0.1) is 0 Å². The average Bonchev–Trinajstić information content (AvgIpc) is 3.05. The van der Waals surface area contributed by atoms with E-state index in [-0.39, 0.29) is 11.6 Å². The van der Waals surface area contributed by atoms with Gasteiger partial charge < -0.3 is 16.0 Å². The number of nitrogens with one attached hydrogen (secondary N) is 3. The van der Waals surface area contributed by atoms with Gasteiger partial charge in [-0.25, -0.2) is 0 Å². The third-order valence-electron chi connectivity index (χ3n) is 6.51. The van der Waals surface area contributed by atoms with Crippen molar-refractivity contribution >= 4 is 74.5 Å². The molecule has 3 amide bonds. The first-order valence-electron chi connectivity index (χ1n) is 13.9. The Morgan fingerprint density at radius 3 is 2.16 bits per heavy atom. The molecule has 45 heavy (non-hydrogen) atoms. The summed E-state index contributed by atoms with van der Waals surface area (Å²) in [5.41, 5.74) is 3.09. The lowest BCUT2D eigenvalue weighted by Crippen LogP contribution is -2.30. The van der Waals surface area contributed by atoms with E-state index >= 15 is 0 Å². The Morgan fingerprint density at radius 1 is 0.733 bits per heavy atom. The molecule has 224 valence electrons. The second-order valence-electron chi connectivity index (χ2n) is 9.79. The van der Waals surface area contributed by atoms with Crippen molar-refractivity contribution in [2.24, 2.45) is 0 Å². The summed E-state index contributed by atoms with van der Waals surface area (Å²) < 4.78 is 0.779. The molecule has 0 aliphatic carbocycles. The summed E-state index contributed by atoms with van der Waals surface area (Å²) in [4.78, 5) is 40.9. The van der Waals surface area contributed by atoms with Gasteiger partial charge in [0, 0.05) is 25.6 Å². The fourth-order valence-corrected chi connectivity index (χ4v) is 6.01. The van der Waals surface area contributed by atoms with Crippen LogP contribution in [0.3, 0.4) is 0 Å². The van der Waals surface area contributed by atoms with E-state index in [0.29, 0.717) is 27.5 Å². The third kappa shape index (κ3) is 8.95. The molecule has 0 saturated heterocycles. The summed E-state index contributed by atoms with van der Waals surface area (Å²) in [7, 11) is 0. The van der Waals surface area contributed by atoms with Gasteiger partial charge >= 0.3 is 0 Å². The van der Waals surface area contributed by atoms with Gasteiger partial charge in [0.25, 0.3) is 11.8 Å². The molecular formula is C36H27BrClN3O3S. The lowest BCUT2D eigenvalue weighted by Gasteiger charge is -2.18. The van der Waals surface area contributed by atoms with Crippen LogP contribution in [0.2, 0.25) is 5.02 Å². The summed E-state index contributed by atoms with van der Waals surface area (Å²) in [5, 5.41) is 8.57. The Bertz CT molecular complexity index is 1850. The van der Waals surface area contributed by atoms with Gasteiger partial charge in [-0.05, 0) is 87.7 Å². The highest BCUT2D eigenvalue weighted by molar-refractivity contribution is 9.10. The standard InChI is InChI=1S/C36H27BrClN3O3S/c37-30-19-7-8-20-31(30)40-36(44)33(25-12-3-1-4-13-25)45-29-18-10-17-28(23-29)39-35(43)32(22-24-11-9-16-27(38)21-24)41-34(42)26-14-5-2-6-15-26/h1-23,33H,(H,39,43)(H,40,44)(H,41,42)/b32-22-. The second kappa shape index (κ2) is 15.4. The van der Waals surface area contributed by atoms with E-state index in [1.54, 1.807) is 72.8 Å². The first-order chi connectivity index (χ1) is 21.9. The van der Waals surface area contributed by atoms with E-state index in [9.17, 15) is 14.4 Å². The first-order valence-corrected chi connectivity index (χ1v) is 15.9. The molecule has 0 fully saturated rings. The molecule has 0 saturated carbocycles. The zero-order chi connectivity index (χ0) is 31.6. The highest BCUT2D eigenvalue weighted by Crippen LogP contribution is 2.38. The van der Waals surface area contributed by atoms with Crippen molar-refractivity contribution in [2.45, 2.75) is 10.1 Å². The fraction of sp³-hybridized carbons (Fsp3) is 0.0278. The van der Waals surface area contributed by atoms with Gasteiger partial charge in [-0.3, -0.25) is 14.4 Å². The molecule has 1 atom stereocenters. The maximum Gasteiger partial charge on any atom is 0.272 e. The molecule has 5 rings (SSSR count). The predicted octanol–water partition coefficient (Wildman–Crippen LogP) is 8.98. The molecular weight excluding hydrogens is 670 g/mol. The summed E-state index contributed by atoms with van der Waals surface area (Å²) in [5.74, 6) is -1.14. The van der Waals surface area contributed by atoms with Crippen LogP contribution >= 0.6 is 39.3 Å². The molecule has 0 spiro atoms. The number of thioether (sulfide) groups is 1. The first kappa shape index (κ1) is 31.8.